The van der Waals surface area contributed by atoms with Gasteiger partial charge in [-0.3, -0.25) is 9.59 Å². The molecule has 0 aliphatic rings. The van der Waals surface area contributed by atoms with E-state index in [1.807, 2.05) is 49.4 Å². The molecule has 2 aromatic carbocycles. The number of ether oxygens (including phenoxy) is 2. The highest BCUT2D eigenvalue weighted by molar-refractivity contribution is 5.87. The fourth-order valence-corrected chi connectivity index (χ4v) is 2.74. The third-order valence-electron chi connectivity index (χ3n) is 4.20. The molecule has 1 atom stereocenters. The third-order valence-corrected chi connectivity index (χ3v) is 4.20. The molecule has 2 aromatic rings. The molecular formula is C24H29NO5. The Morgan fingerprint density at radius 2 is 1.60 bits per heavy atom. The topological polar surface area (TPSA) is 81.7 Å². The van der Waals surface area contributed by atoms with Crippen molar-refractivity contribution in [2.45, 2.75) is 52.2 Å². The van der Waals surface area contributed by atoms with Crippen LogP contribution < -0.4 is 5.32 Å². The standard InChI is InChI=1S/C24H29NO5/c1-17-10-13-19(14-11-17)22(20(26)15-12-18-8-6-5-7-9-18)29-21(27)16-25-23(28)30-24(2,3)4/h5-11,13-14,22H,12,15-16H2,1-4H3,(H,25,28). The summed E-state index contributed by atoms with van der Waals surface area (Å²) in [5, 5.41) is 2.35. The Balaban J connectivity index is 2.02. The van der Waals surface area contributed by atoms with Crippen LogP contribution in [0.3, 0.4) is 0 Å². The number of ketones is 1. The number of rotatable bonds is 8. The zero-order valence-corrected chi connectivity index (χ0v) is 17.9. The van der Waals surface area contributed by atoms with E-state index < -0.39 is 23.8 Å². The SMILES string of the molecule is Cc1ccc(C(OC(=O)CNC(=O)OC(C)(C)C)C(=O)CCc2ccccc2)cc1. The number of Topliss-reactive ketones (excluding diaryl/α,β-unsaturated/α-hetero) is 1. The van der Waals surface area contributed by atoms with E-state index in [2.05, 4.69) is 5.32 Å². The molecule has 6 nitrogen and oxygen atoms in total. The van der Waals surface area contributed by atoms with E-state index >= 15 is 0 Å². The quantitative estimate of drug-likeness (QED) is 0.655. The number of carbonyl (C=O) groups is 3. The van der Waals surface area contributed by atoms with Crippen molar-refractivity contribution < 1.29 is 23.9 Å². The molecule has 0 spiro atoms. The Hall–Kier alpha value is -3.15. The molecule has 0 aliphatic carbocycles. The second-order valence-corrected chi connectivity index (χ2v) is 8.09. The van der Waals surface area contributed by atoms with Gasteiger partial charge in [-0.1, -0.05) is 60.2 Å². The van der Waals surface area contributed by atoms with Crippen molar-refractivity contribution in [1.82, 2.24) is 5.32 Å². The fourth-order valence-electron chi connectivity index (χ4n) is 2.74. The number of hydrogen-bond donors (Lipinski definition) is 1. The van der Waals surface area contributed by atoms with Crippen molar-refractivity contribution in [2.24, 2.45) is 0 Å². The van der Waals surface area contributed by atoms with E-state index in [9.17, 15) is 14.4 Å². The monoisotopic (exact) mass is 411 g/mol. The zero-order valence-electron chi connectivity index (χ0n) is 17.9. The number of benzene rings is 2. The average Bonchev–Trinajstić information content (AvgIpc) is 2.69. The second kappa shape index (κ2) is 10.6. The fraction of sp³-hybridized carbons (Fsp3) is 0.375. The summed E-state index contributed by atoms with van der Waals surface area (Å²) < 4.78 is 10.5. The predicted molar refractivity (Wildman–Crippen MR) is 114 cm³/mol. The molecule has 0 aliphatic heterocycles. The Bertz CT molecular complexity index is 853. The van der Waals surface area contributed by atoms with Crippen molar-refractivity contribution in [3.05, 3.63) is 71.3 Å². The van der Waals surface area contributed by atoms with Gasteiger partial charge in [0.05, 0.1) is 0 Å². The van der Waals surface area contributed by atoms with E-state index in [4.69, 9.17) is 9.47 Å². The molecule has 0 saturated heterocycles. The lowest BCUT2D eigenvalue weighted by Gasteiger charge is -2.20. The molecule has 0 fully saturated rings. The highest BCUT2D eigenvalue weighted by atomic mass is 16.6. The van der Waals surface area contributed by atoms with Crippen LogP contribution in [0, 0.1) is 6.92 Å². The smallest absolute Gasteiger partial charge is 0.408 e. The molecule has 0 aromatic heterocycles. The summed E-state index contributed by atoms with van der Waals surface area (Å²) in [5.41, 5.74) is 1.99. The predicted octanol–water partition coefficient (Wildman–Crippen LogP) is 4.31. The van der Waals surface area contributed by atoms with Crippen molar-refractivity contribution >= 4 is 17.8 Å². The van der Waals surface area contributed by atoms with E-state index in [1.165, 1.54) is 0 Å². The molecule has 30 heavy (non-hydrogen) atoms. The first-order valence-electron chi connectivity index (χ1n) is 9.93. The van der Waals surface area contributed by atoms with Gasteiger partial charge in [0.1, 0.15) is 12.1 Å². The van der Waals surface area contributed by atoms with Crippen LogP contribution >= 0.6 is 0 Å². The van der Waals surface area contributed by atoms with Gasteiger partial charge >= 0.3 is 12.1 Å². The summed E-state index contributed by atoms with van der Waals surface area (Å²) in [4.78, 5) is 36.9. The minimum absolute atomic E-state index is 0.201. The molecule has 0 radical (unpaired) electrons. The number of hydrogen-bond acceptors (Lipinski definition) is 5. The summed E-state index contributed by atoms with van der Waals surface area (Å²) in [6.07, 6.45) is -0.963. The van der Waals surface area contributed by atoms with Gasteiger partial charge in [0, 0.05) is 6.42 Å². The maximum Gasteiger partial charge on any atom is 0.408 e. The molecule has 6 heteroatoms. The first-order chi connectivity index (χ1) is 14.1. The van der Waals surface area contributed by atoms with Gasteiger partial charge in [0.25, 0.3) is 0 Å². The molecule has 1 amide bonds. The lowest BCUT2D eigenvalue weighted by molar-refractivity contribution is -0.154. The molecular weight excluding hydrogens is 382 g/mol. The Morgan fingerprint density at radius 1 is 0.967 bits per heavy atom. The van der Waals surface area contributed by atoms with Crippen molar-refractivity contribution in [1.29, 1.82) is 0 Å². The lowest BCUT2D eigenvalue weighted by atomic mass is 9.99. The Kier molecular flexibility index (Phi) is 8.16. The number of esters is 1. The lowest BCUT2D eigenvalue weighted by Crippen LogP contribution is -2.36. The van der Waals surface area contributed by atoms with Gasteiger partial charge in [-0.05, 0) is 45.2 Å². The number of carbonyl (C=O) groups excluding carboxylic acids is 3. The average molecular weight is 411 g/mol. The van der Waals surface area contributed by atoms with E-state index in [-0.39, 0.29) is 18.7 Å². The van der Waals surface area contributed by atoms with Gasteiger partial charge in [0.15, 0.2) is 11.9 Å². The van der Waals surface area contributed by atoms with Gasteiger partial charge in [0.2, 0.25) is 0 Å². The molecule has 0 bridgehead atoms. The number of aryl methyl sites for hydroxylation is 2. The normalized spacial score (nSPS) is 12.0. The number of amides is 1. The van der Waals surface area contributed by atoms with Gasteiger partial charge < -0.3 is 14.8 Å². The Morgan fingerprint density at radius 3 is 2.20 bits per heavy atom. The summed E-state index contributed by atoms with van der Waals surface area (Å²) >= 11 is 0. The van der Waals surface area contributed by atoms with Crippen molar-refractivity contribution in [2.75, 3.05) is 6.54 Å². The third kappa shape index (κ3) is 8.07. The van der Waals surface area contributed by atoms with Crippen LogP contribution in [0.15, 0.2) is 54.6 Å². The zero-order chi connectivity index (χ0) is 22.1. The summed E-state index contributed by atoms with van der Waals surface area (Å²) in [7, 11) is 0. The highest BCUT2D eigenvalue weighted by Gasteiger charge is 2.25. The van der Waals surface area contributed by atoms with Crippen LogP contribution in [0.2, 0.25) is 0 Å². The van der Waals surface area contributed by atoms with E-state index in [0.717, 1.165) is 11.1 Å². The maximum absolute atomic E-state index is 12.9. The van der Waals surface area contributed by atoms with Crippen LogP contribution in [0.5, 0.6) is 0 Å². The van der Waals surface area contributed by atoms with Crippen LogP contribution in [-0.2, 0) is 25.5 Å². The molecule has 160 valence electrons. The second-order valence-electron chi connectivity index (χ2n) is 8.09. The van der Waals surface area contributed by atoms with Crippen LogP contribution in [0.1, 0.15) is 50.0 Å². The summed E-state index contributed by atoms with van der Waals surface area (Å²) in [6.45, 7) is 6.73. The van der Waals surface area contributed by atoms with Crippen LogP contribution in [0.4, 0.5) is 4.79 Å². The van der Waals surface area contributed by atoms with Crippen molar-refractivity contribution in [3.63, 3.8) is 0 Å². The summed E-state index contributed by atoms with van der Waals surface area (Å²) in [6, 6.07) is 16.9. The van der Waals surface area contributed by atoms with Crippen LogP contribution in [-0.4, -0.2) is 30.0 Å². The molecule has 1 unspecified atom stereocenters. The molecule has 2 rings (SSSR count). The highest BCUT2D eigenvalue weighted by Crippen LogP contribution is 2.22. The Labute approximate surface area is 177 Å². The minimum Gasteiger partial charge on any atom is -0.448 e. The van der Waals surface area contributed by atoms with E-state index in [1.54, 1.807) is 32.9 Å². The van der Waals surface area contributed by atoms with Gasteiger partial charge in [-0.15, -0.1) is 0 Å². The van der Waals surface area contributed by atoms with Gasteiger partial charge in [-0.2, -0.15) is 0 Å². The first-order valence-corrected chi connectivity index (χ1v) is 9.93. The largest absolute Gasteiger partial charge is 0.448 e. The van der Waals surface area contributed by atoms with E-state index in [0.29, 0.717) is 12.0 Å². The van der Waals surface area contributed by atoms with Crippen LogP contribution in [0.25, 0.3) is 0 Å². The first kappa shape index (κ1) is 23.1. The molecule has 0 heterocycles. The summed E-state index contributed by atoms with van der Waals surface area (Å²) in [5.74, 6) is -0.909. The maximum atomic E-state index is 12.9. The van der Waals surface area contributed by atoms with Crippen molar-refractivity contribution in [3.8, 4) is 0 Å². The number of nitrogens with one attached hydrogen (secondary N) is 1. The molecule has 1 N–H and O–H groups in total. The van der Waals surface area contributed by atoms with Gasteiger partial charge in [-0.25, -0.2) is 4.79 Å². The minimum atomic E-state index is -1.03. The molecule has 0 saturated carbocycles. The number of alkyl carbamates (subject to hydrolysis) is 1.